The van der Waals surface area contributed by atoms with Crippen LogP contribution in [0.25, 0.3) is 0 Å². The molecule has 2 fully saturated rings. The standard InChI is InChI=1S/C19H27N3O2/c1-2-15-6-3-4-9-17(15)20-18(23)14-21-10-12-22(13-11-21)19(24)16-7-5-8-16/h3-4,6,9,16H,2,5,7-8,10-14H2,1H3,(H,20,23)/p+1. The number of anilines is 1. The lowest BCUT2D eigenvalue weighted by Crippen LogP contribution is -3.15. The number of para-hydroxylation sites is 1. The monoisotopic (exact) mass is 330 g/mol. The Bertz CT molecular complexity index is 590. The number of rotatable bonds is 5. The molecule has 2 N–H and O–H groups in total. The van der Waals surface area contributed by atoms with Crippen LogP contribution in [-0.2, 0) is 16.0 Å². The summed E-state index contributed by atoms with van der Waals surface area (Å²) in [5.74, 6) is 0.673. The summed E-state index contributed by atoms with van der Waals surface area (Å²) in [6.45, 7) is 5.85. The molecule has 0 spiro atoms. The van der Waals surface area contributed by atoms with Gasteiger partial charge >= 0.3 is 0 Å². The van der Waals surface area contributed by atoms with Crippen LogP contribution < -0.4 is 10.2 Å². The number of quaternary nitrogens is 1. The first kappa shape index (κ1) is 17.0. The van der Waals surface area contributed by atoms with Crippen molar-refractivity contribution < 1.29 is 14.5 Å². The Morgan fingerprint density at radius 3 is 2.54 bits per heavy atom. The molecule has 1 aromatic rings. The predicted molar refractivity (Wildman–Crippen MR) is 93.9 cm³/mol. The normalized spacial score (nSPS) is 19.0. The molecule has 1 heterocycles. The van der Waals surface area contributed by atoms with E-state index in [0.29, 0.717) is 12.5 Å². The molecule has 1 saturated heterocycles. The number of amides is 2. The van der Waals surface area contributed by atoms with Crippen molar-refractivity contribution in [1.82, 2.24) is 4.90 Å². The molecule has 1 saturated carbocycles. The van der Waals surface area contributed by atoms with Crippen molar-refractivity contribution in [2.75, 3.05) is 38.0 Å². The molecule has 2 amide bonds. The molecular formula is C19H28N3O2+. The van der Waals surface area contributed by atoms with Crippen molar-refractivity contribution in [3.8, 4) is 0 Å². The highest BCUT2D eigenvalue weighted by Gasteiger charge is 2.32. The second kappa shape index (κ2) is 7.79. The van der Waals surface area contributed by atoms with Crippen molar-refractivity contribution >= 4 is 17.5 Å². The van der Waals surface area contributed by atoms with Gasteiger partial charge in [0.2, 0.25) is 5.91 Å². The zero-order chi connectivity index (χ0) is 16.9. The van der Waals surface area contributed by atoms with Gasteiger partial charge in [0, 0.05) is 11.6 Å². The molecule has 0 atom stereocenters. The third kappa shape index (κ3) is 3.96. The van der Waals surface area contributed by atoms with Gasteiger partial charge in [-0.05, 0) is 30.9 Å². The van der Waals surface area contributed by atoms with Crippen molar-refractivity contribution in [3.63, 3.8) is 0 Å². The molecule has 5 heteroatoms. The minimum absolute atomic E-state index is 0.0599. The lowest BCUT2D eigenvalue weighted by atomic mass is 9.84. The van der Waals surface area contributed by atoms with E-state index in [-0.39, 0.29) is 11.8 Å². The van der Waals surface area contributed by atoms with Crippen LogP contribution in [0.4, 0.5) is 5.69 Å². The maximum absolute atomic E-state index is 12.3. The van der Waals surface area contributed by atoms with E-state index >= 15 is 0 Å². The number of nitrogens with zero attached hydrogens (tertiary/aromatic N) is 1. The zero-order valence-electron chi connectivity index (χ0n) is 14.5. The average molecular weight is 330 g/mol. The summed E-state index contributed by atoms with van der Waals surface area (Å²) < 4.78 is 0. The topological polar surface area (TPSA) is 53.9 Å². The van der Waals surface area contributed by atoms with Gasteiger partial charge in [0.05, 0.1) is 26.2 Å². The number of carbonyl (C=O) groups excluding carboxylic acids is 2. The van der Waals surface area contributed by atoms with E-state index in [4.69, 9.17) is 0 Å². The summed E-state index contributed by atoms with van der Waals surface area (Å²) in [4.78, 5) is 27.8. The first-order chi connectivity index (χ1) is 11.7. The number of aryl methyl sites for hydroxylation is 1. The van der Waals surface area contributed by atoms with Crippen molar-refractivity contribution in [1.29, 1.82) is 0 Å². The molecule has 0 unspecified atom stereocenters. The Kier molecular flexibility index (Phi) is 5.51. The molecule has 1 aromatic carbocycles. The fourth-order valence-corrected chi connectivity index (χ4v) is 3.51. The molecule has 0 aromatic heterocycles. The van der Waals surface area contributed by atoms with Crippen LogP contribution in [0.15, 0.2) is 24.3 Å². The summed E-state index contributed by atoms with van der Waals surface area (Å²) in [5.41, 5.74) is 2.08. The SMILES string of the molecule is CCc1ccccc1NC(=O)C[NH+]1CCN(C(=O)C2CCC2)CC1. The summed E-state index contributed by atoms with van der Waals surface area (Å²) in [7, 11) is 0. The summed E-state index contributed by atoms with van der Waals surface area (Å²) in [5, 5.41) is 3.04. The summed E-state index contributed by atoms with van der Waals surface area (Å²) in [6, 6.07) is 7.96. The Labute approximate surface area is 144 Å². The van der Waals surface area contributed by atoms with Gasteiger partial charge in [-0.25, -0.2) is 0 Å². The molecule has 0 bridgehead atoms. The third-order valence-electron chi connectivity index (χ3n) is 5.32. The van der Waals surface area contributed by atoms with Crippen molar-refractivity contribution in [3.05, 3.63) is 29.8 Å². The number of nitrogens with one attached hydrogen (secondary N) is 2. The smallest absolute Gasteiger partial charge is 0.279 e. The first-order valence-corrected chi connectivity index (χ1v) is 9.17. The molecule has 0 radical (unpaired) electrons. The number of carbonyl (C=O) groups is 2. The van der Waals surface area contributed by atoms with Crippen LogP contribution in [0.2, 0.25) is 0 Å². The van der Waals surface area contributed by atoms with Crippen LogP contribution in [0.5, 0.6) is 0 Å². The van der Waals surface area contributed by atoms with E-state index in [1.807, 2.05) is 29.2 Å². The maximum Gasteiger partial charge on any atom is 0.279 e. The van der Waals surface area contributed by atoms with E-state index in [0.717, 1.165) is 56.7 Å². The minimum Gasteiger partial charge on any atom is -0.331 e. The van der Waals surface area contributed by atoms with Gasteiger partial charge < -0.3 is 15.1 Å². The second-order valence-electron chi connectivity index (χ2n) is 6.94. The second-order valence-corrected chi connectivity index (χ2v) is 6.94. The number of benzene rings is 1. The highest BCUT2D eigenvalue weighted by molar-refractivity contribution is 5.92. The molecule has 1 aliphatic carbocycles. The molecule has 1 aliphatic heterocycles. The predicted octanol–water partition coefficient (Wildman–Crippen LogP) is 0.715. The van der Waals surface area contributed by atoms with Gasteiger partial charge in [-0.1, -0.05) is 31.5 Å². The molecular weight excluding hydrogens is 302 g/mol. The van der Waals surface area contributed by atoms with Crippen LogP contribution in [0.3, 0.4) is 0 Å². The fraction of sp³-hybridized carbons (Fsp3) is 0.579. The van der Waals surface area contributed by atoms with E-state index in [9.17, 15) is 9.59 Å². The molecule has 24 heavy (non-hydrogen) atoms. The van der Waals surface area contributed by atoms with Gasteiger partial charge in [0.1, 0.15) is 0 Å². The summed E-state index contributed by atoms with van der Waals surface area (Å²) >= 11 is 0. The Balaban J connectivity index is 1.45. The Morgan fingerprint density at radius 2 is 1.92 bits per heavy atom. The number of hydrogen-bond acceptors (Lipinski definition) is 2. The minimum atomic E-state index is 0.0599. The van der Waals surface area contributed by atoms with E-state index < -0.39 is 0 Å². The fourth-order valence-electron chi connectivity index (χ4n) is 3.51. The van der Waals surface area contributed by atoms with E-state index in [1.54, 1.807) is 0 Å². The zero-order valence-corrected chi connectivity index (χ0v) is 14.5. The first-order valence-electron chi connectivity index (χ1n) is 9.17. The Hall–Kier alpha value is -1.88. The number of hydrogen-bond donors (Lipinski definition) is 2. The molecule has 2 aliphatic rings. The van der Waals surface area contributed by atoms with Gasteiger partial charge in [-0.2, -0.15) is 0 Å². The summed E-state index contributed by atoms with van der Waals surface area (Å²) in [6.07, 6.45) is 4.22. The van der Waals surface area contributed by atoms with Gasteiger partial charge in [0.15, 0.2) is 6.54 Å². The van der Waals surface area contributed by atoms with Gasteiger partial charge in [-0.15, -0.1) is 0 Å². The largest absolute Gasteiger partial charge is 0.331 e. The van der Waals surface area contributed by atoms with Gasteiger partial charge in [0.25, 0.3) is 5.91 Å². The highest BCUT2D eigenvalue weighted by atomic mass is 16.2. The van der Waals surface area contributed by atoms with Crippen LogP contribution in [-0.4, -0.2) is 49.4 Å². The van der Waals surface area contributed by atoms with Crippen molar-refractivity contribution in [2.45, 2.75) is 32.6 Å². The van der Waals surface area contributed by atoms with Crippen LogP contribution in [0.1, 0.15) is 31.7 Å². The van der Waals surface area contributed by atoms with E-state index in [1.165, 1.54) is 11.3 Å². The Morgan fingerprint density at radius 1 is 1.21 bits per heavy atom. The number of piperazine rings is 1. The molecule has 3 rings (SSSR count). The quantitative estimate of drug-likeness (QED) is 0.836. The molecule has 5 nitrogen and oxygen atoms in total. The van der Waals surface area contributed by atoms with E-state index in [2.05, 4.69) is 12.2 Å². The lowest BCUT2D eigenvalue weighted by Gasteiger charge is -2.36. The van der Waals surface area contributed by atoms with Crippen molar-refractivity contribution in [2.24, 2.45) is 5.92 Å². The average Bonchev–Trinajstić information content (AvgIpc) is 2.54. The highest BCUT2D eigenvalue weighted by Crippen LogP contribution is 2.28. The third-order valence-corrected chi connectivity index (χ3v) is 5.32. The maximum atomic E-state index is 12.3. The lowest BCUT2D eigenvalue weighted by molar-refractivity contribution is -0.895. The van der Waals surface area contributed by atoms with Crippen LogP contribution in [0, 0.1) is 5.92 Å². The van der Waals surface area contributed by atoms with Gasteiger partial charge in [-0.3, -0.25) is 9.59 Å². The van der Waals surface area contributed by atoms with Crippen LogP contribution >= 0.6 is 0 Å². The molecule has 130 valence electrons.